The Morgan fingerprint density at radius 2 is 1.95 bits per heavy atom. The average Bonchev–Trinajstić information content (AvgIpc) is 2.94. The highest BCUT2D eigenvalue weighted by Crippen LogP contribution is 2.29. The molecule has 0 radical (unpaired) electrons. The van der Waals surface area contributed by atoms with Crippen molar-refractivity contribution < 1.29 is 18.3 Å². The molecule has 2 aromatic carbocycles. The fourth-order valence-corrected chi connectivity index (χ4v) is 5.18. The SMILES string of the molecule is N#Cc1cc(-c2ncnc(Nc3ccc(N4CCN(C5COC5)CC4)c(F)c3)n2)ccc1O[C@H]1CCNC[C@H]1F. The Kier molecular flexibility index (Phi) is 7.68. The van der Waals surface area contributed by atoms with Crippen LogP contribution in [0.3, 0.4) is 0 Å². The number of alkyl halides is 1. The van der Waals surface area contributed by atoms with Crippen LogP contribution in [0.5, 0.6) is 5.75 Å². The summed E-state index contributed by atoms with van der Waals surface area (Å²) in [5.74, 6) is 0.570. The first-order valence-corrected chi connectivity index (χ1v) is 13.5. The number of benzene rings is 2. The smallest absolute Gasteiger partial charge is 0.230 e. The number of hydrogen-bond acceptors (Lipinski definition) is 10. The molecular weight excluding hydrogens is 518 g/mol. The lowest BCUT2D eigenvalue weighted by Gasteiger charge is -2.43. The molecule has 3 saturated heterocycles. The molecule has 1 aromatic heterocycles. The maximum absolute atomic E-state index is 15.1. The fraction of sp³-hybridized carbons (Fsp3) is 0.429. The van der Waals surface area contributed by atoms with Gasteiger partial charge in [-0.2, -0.15) is 10.2 Å². The molecule has 3 fully saturated rings. The van der Waals surface area contributed by atoms with Gasteiger partial charge < -0.3 is 25.0 Å². The van der Waals surface area contributed by atoms with Crippen molar-refractivity contribution in [2.24, 2.45) is 0 Å². The van der Waals surface area contributed by atoms with E-state index in [1.165, 1.54) is 12.4 Å². The van der Waals surface area contributed by atoms with Gasteiger partial charge in [0.25, 0.3) is 0 Å². The molecule has 0 saturated carbocycles. The van der Waals surface area contributed by atoms with Gasteiger partial charge in [0.2, 0.25) is 5.95 Å². The summed E-state index contributed by atoms with van der Waals surface area (Å²) in [4.78, 5) is 17.3. The second-order valence-corrected chi connectivity index (χ2v) is 10.1. The first-order valence-electron chi connectivity index (χ1n) is 13.5. The summed E-state index contributed by atoms with van der Waals surface area (Å²) >= 11 is 0. The fourth-order valence-electron chi connectivity index (χ4n) is 5.18. The van der Waals surface area contributed by atoms with E-state index in [-0.39, 0.29) is 23.9 Å². The third-order valence-electron chi connectivity index (χ3n) is 7.55. The predicted molar refractivity (Wildman–Crippen MR) is 145 cm³/mol. The standard InChI is InChI=1S/C28H30F2N8O2/c29-22-12-20(2-3-24(22)38-9-7-37(8-10-38)21-15-39-16-21)35-28-34-17-33-27(36-28)18-1-4-25(19(11-18)13-31)40-26-5-6-32-14-23(26)30/h1-4,11-12,17,21,23,26,32H,5-10,14-16H2,(H,33,34,35,36)/t23-,26+/m1/s1. The van der Waals surface area contributed by atoms with Gasteiger partial charge >= 0.3 is 0 Å². The Hall–Kier alpha value is -3.92. The number of halogens is 2. The zero-order valence-corrected chi connectivity index (χ0v) is 21.9. The molecule has 0 bridgehead atoms. The van der Waals surface area contributed by atoms with E-state index in [4.69, 9.17) is 9.47 Å². The highest BCUT2D eigenvalue weighted by atomic mass is 19.1. The van der Waals surface area contributed by atoms with Gasteiger partial charge in [0.1, 0.15) is 36.2 Å². The number of hydrogen-bond donors (Lipinski definition) is 2. The van der Waals surface area contributed by atoms with Crippen LogP contribution in [-0.2, 0) is 4.74 Å². The number of piperazine rings is 1. The summed E-state index contributed by atoms with van der Waals surface area (Å²) in [7, 11) is 0. The number of anilines is 3. The third-order valence-corrected chi connectivity index (χ3v) is 7.55. The molecule has 0 spiro atoms. The molecule has 3 aliphatic heterocycles. The molecule has 6 rings (SSSR count). The minimum Gasteiger partial charge on any atom is -0.486 e. The van der Waals surface area contributed by atoms with Crippen molar-refractivity contribution in [2.75, 3.05) is 62.7 Å². The minimum atomic E-state index is -1.14. The zero-order valence-electron chi connectivity index (χ0n) is 21.9. The maximum atomic E-state index is 15.1. The van der Waals surface area contributed by atoms with E-state index < -0.39 is 12.3 Å². The van der Waals surface area contributed by atoms with E-state index in [0.717, 1.165) is 39.4 Å². The van der Waals surface area contributed by atoms with Crippen molar-refractivity contribution in [1.29, 1.82) is 5.26 Å². The second kappa shape index (κ2) is 11.7. The Morgan fingerprint density at radius 1 is 1.10 bits per heavy atom. The first kappa shape index (κ1) is 26.3. The summed E-state index contributed by atoms with van der Waals surface area (Å²) < 4.78 is 40.4. The molecule has 2 N–H and O–H groups in total. The molecule has 0 unspecified atom stereocenters. The molecule has 208 valence electrons. The van der Waals surface area contributed by atoms with Crippen LogP contribution in [-0.4, -0.2) is 90.7 Å². The lowest BCUT2D eigenvalue weighted by Crippen LogP contribution is -2.56. The van der Waals surface area contributed by atoms with Crippen LogP contribution in [0.1, 0.15) is 12.0 Å². The van der Waals surface area contributed by atoms with Crippen LogP contribution >= 0.6 is 0 Å². The van der Waals surface area contributed by atoms with Crippen LogP contribution in [0.15, 0.2) is 42.7 Å². The number of piperidine rings is 1. The number of ether oxygens (including phenoxy) is 2. The van der Waals surface area contributed by atoms with Crippen molar-refractivity contribution >= 4 is 17.3 Å². The molecule has 3 aromatic rings. The van der Waals surface area contributed by atoms with Crippen LogP contribution in [0, 0.1) is 17.1 Å². The van der Waals surface area contributed by atoms with Crippen LogP contribution in [0.2, 0.25) is 0 Å². The van der Waals surface area contributed by atoms with Gasteiger partial charge in [-0.15, -0.1) is 0 Å². The second-order valence-electron chi connectivity index (χ2n) is 10.1. The van der Waals surface area contributed by atoms with E-state index in [0.29, 0.717) is 47.5 Å². The topological polar surface area (TPSA) is 111 Å². The molecule has 3 aliphatic rings. The van der Waals surface area contributed by atoms with E-state index >= 15 is 4.39 Å². The van der Waals surface area contributed by atoms with Crippen molar-refractivity contribution in [3.63, 3.8) is 0 Å². The Labute approximate surface area is 231 Å². The first-order chi connectivity index (χ1) is 19.6. The number of rotatable bonds is 7. The Bertz CT molecular complexity index is 1390. The zero-order chi connectivity index (χ0) is 27.5. The molecule has 2 atom stereocenters. The van der Waals surface area contributed by atoms with Crippen LogP contribution < -0.4 is 20.3 Å². The van der Waals surface area contributed by atoms with Gasteiger partial charge in [0.05, 0.1) is 30.5 Å². The lowest BCUT2D eigenvalue weighted by atomic mass is 10.1. The molecule has 10 nitrogen and oxygen atoms in total. The van der Waals surface area contributed by atoms with Crippen LogP contribution in [0.25, 0.3) is 11.4 Å². The quantitative estimate of drug-likeness (QED) is 0.457. The molecule has 40 heavy (non-hydrogen) atoms. The molecule has 12 heteroatoms. The number of nitriles is 1. The van der Waals surface area contributed by atoms with Crippen LogP contribution in [0.4, 0.5) is 26.1 Å². The van der Waals surface area contributed by atoms with Crippen molar-refractivity contribution in [2.45, 2.75) is 24.7 Å². The van der Waals surface area contributed by atoms with E-state index in [1.54, 1.807) is 30.3 Å². The highest BCUT2D eigenvalue weighted by molar-refractivity contribution is 5.64. The van der Waals surface area contributed by atoms with Gasteiger partial charge in [-0.1, -0.05) is 0 Å². The Balaban J connectivity index is 1.12. The van der Waals surface area contributed by atoms with Crippen molar-refractivity contribution in [1.82, 2.24) is 25.2 Å². The molecule has 4 heterocycles. The third kappa shape index (κ3) is 5.67. The summed E-state index contributed by atoms with van der Waals surface area (Å²) in [5, 5.41) is 15.7. The highest BCUT2D eigenvalue weighted by Gasteiger charge is 2.30. The normalized spacial score (nSPS) is 21.9. The monoisotopic (exact) mass is 548 g/mol. The largest absolute Gasteiger partial charge is 0.486 e. The molecule has 0 aliphatic carbocycles. The van der Waals surface area contributed by atoms with E-state index in [2.05, 4.69) is 41.5 Å². The number of nitrogens with zero attached hydrogens (tertiary/aromatic N) is 6. The molecular formula is C28H30F2N8O2. The lowest BCUT2D eigenvalue weighted by molar-refractivity contribution is -0.0660. The van der Waals surface area contributed by atoms with Crippen molar-refractivity contribution in [3.8, 4) is 23.2 Å². The van der Waals surface area contributed by atoms with Gasteiger partial charge in [-0.05, 0) is 49.4 Å². The summed E-state index contributed by atoms with van der Waals surface area (Å²) in [5.41, 5.74) is 1.91. The van der Waals surface area contributed by atoms with E-state index in [1.807, 2.05) is 0 Å². The minimum absolute atomic E-state index is 0.228. The number of aromatic nitrogens is 3. The summed E-state index contributed by atoms with van der Waals surface area (Å²) in [6.07, 6.45) is 0.117. The van der Waals surface area contributed by atoms with Gasteiger partial charge in [0, 0.05) is 44.0 Å². The van der Waals surface area contributed by atoms with Gasteiger partial charge in [-0.25, -0.2) is 18.7 Å². The maximum Gasteiger partial charge on any atom is 0.230 e. The Morgan fingerprint density at radius 3 is 2.67 bits per heavy atom. The van der Waals surface area contributed by atoms with E-state index in [9.17, 15) is 9.65 Å². The van der Waals surface area contributed by atoms with Gasteiger partial charge in [0.15, 0.2) is 5.82 Å². The average molecular weight is 549 g/mol. The van der Waals surface area contributed by atoms with Gasteiger partial charge in [-0.3, -0.25) is 4.90 Å². The summed E-state index contributed by atoms with van der Waals surface area (Å²) in [6.45, 7) is 5.75. The number of nitrogens with one attached hydrogen (secondary N) is 2. The summed E-state index contributed by atoms with van der Waals surface area (Å²) in [6, 6.07) is 12.6. The predicted octanol–water partition coefficient (Wildman–Crippen LogP) is 2.89. The van der Waals surface area contributed by atoms with Crippen molar-refractivity contribution in [3.05, 3.63) is 54.1 Å². The molecule has 0 amide bonds.